The third kappa shape index (κ3) is 3.20. The second-order valence-electron chi connectivity index (χ2n) is 3.98. The van der Waals surface area contributed by atoms with Crippen molar-refractivity contribution in [2.24, 2.45) is 0 Å². The van der Waals surface area contributed by atoms with Crippen molar-refractivity contribution in [3.05, 3.63) is 65.5 Å². The number of benzene rings is 2. The van der Waals surface area contributed by atoms with Crippen molar-refractivity contribution in [3.63, 3.8) is 0 Å². The van der Waals surface area contributed by atoms with Crippen LogP contribution in [0.5, 0.6) is 0 Å². The van der Waals surface area contributed by atoms with Crippen LogP contribution >= 0.6 is 11.8 Å². The molecular formula is C15H13FOS. The van der Waals surface area contributed by atoms with Crippen molar-refractivity contribution in [1.29, 1.82) is 0 Å². The average Bonchev–Trinajstić information content (AvgIpc) is 2.37. The molecule has 0 amide bonds. The molecule has 0 aliphatic heterocycles. The number of halogens is 1. The second kappa shape index (κ2) is 5.83. The summed E-state index contributed by atoms with van der Waals surface area (Å²) in [5.41, 5.74) is 1.71. The van der Waals surface area contributed by atoms with E-state index < -0.39 is 0 Å². The molecular weight excluding hydrogens is 247 g/mol. The fraction of sp³-hybridized carbons (Fsp3) is 0.133. The van der Waals surface area contributed by atoms with Gasteiger partial charge in [-0.25, -0.2) is 4.39 Å². The first-order chi connectivity index (χ1) is 8.66. The van der Waals surface area contributed by atoms with Gasteiger partial charge in [-0.15, -0.1) is 11.8 Å². The minimum atomic E-state index is -0.275. The molecule has 0 radical (unpaired) electrons. The number of hydrogen-bond donors (Lipinski definition) is 0. The zero-order chi connectivity index (χ0) is 13.0. The highest BCUT2D eigenvalue weighted by Crippen LogP contribution is 2.20. The standard InChI is InChI=1S/C15H13FOS/c1-11-5-2-3-8-14(11)15(17)10-18-13-7-4-6-12(16)9-13/h2-9H,10H2,1H3. The average molecular weight is 260 g/mol. The summed E-state index contributed by atoms with van der Waals surface area (Å²) in [6, 6.07) is 13.8. The first kappa shape index (κ1) is 12.8. The van der Waals surface area contributed by atoms with Crippen molar-refractivity contribution < 1.29 is 9.18 Å². The molecule has 0 saturated carbocycles. The van der Waals surface area contributed by atoms with E-state index in [0.29, 0.717) is 5.75 Å². The quantitative estimate of drug-likeness (QED) is 0.608. The van der Waals surface area contributed by atoms with Gasteiger partial charge in [0.25, 0.3) is 0 Å². The Kier molecular flexibility index (Phi) is 4.15. The smallest absolute Gasteiger partial charge is 0.173 e. The number of ketones is 1. The highest BCUT2D eigenvalue weighted by Gasteiger charge is 2.08. The number of hydrogen-bond acceptors (Lipinski definition) is 2. The highest BCUT2D eigenvalue weighted by atomic mass is 32.2. The first-order valence-electron chi connectivity index (χ1n) is 5.64. The fourth-order valence-corrected chi connectivity index (χ4v) is 2.49. The maximum atomic E-state index is 13.0. The molecule has 0 heterocycles. The topological polar surface area (TPSA) is 17.1 Å². The van der Waals surface area contributed by atoms with Crippen molar-refractivity contribution in [1.82, 2.24) is 0 Å². The Morgan fingerprint density at radius 2 is 1.94 bits per heavy atom. The van der Waals surface area contributed by atoms with Crippen LogP contribution in [0, 0.1) is 12.7 Å². The van der Waals surface area contributed by atoms with Crippen LogP contribution in [-0.4, -0.2) is 11.5 Å². The predicted octanol–water partition coefficient (Wildman–Crippen LogP) is 4.11. The minimum absolute atomic E-state index is 0.0716. The lowest BCUT2D eigenvalue weighted by atomic mass is 10.1. The molecule has 0 unspecified atom stereocenters. The van der Waals surface area contributed by atoms with E-state index in [4.69, 9.17) is 0 Å². The molecule has 0 atom stereocenters. The molecule has 0 spiro atoms. The Bertz CT molecular complexity index is 566. The van der Waals surface area contributed by atoms with Crippen LogP contribution in [0.3, 0.4) is 0 Å². The van der Waals surface area contributed by atoms with Crippen molar-refractivity contribution in [2.75, 3.05) is 5.75 Å². The minimum Gasteiger partial charge on any atom is -0.293 e. The lowest BCUT2D eigenvalue weighted by Crippen LogP contribution is -2.04. The Balaban J connectivity index is 2.03. The molecule has 0 fully saturated rings. The Morgan fingerprint density at radius 3 is 2.67 bits per heavy atom. The molecule has 2 aromatic rings. The van der Waals surface area contributed by atoms with Gasteiger partial charge in [-0.2, -0.15) is 0 Å². The van der Waals surface area contributed by atoms with Gasteiger partial charge in [0, 0.05) is 10.5 Å². The van der Waals surface area contributed by atoms with Crippen LogP contribution < -0.4 is 0 Å². The van der Waals surface area contributed by atoms with Gasteiger partial charge < -0.3 is 0 Å². The Labute approximate surface area is 110 Å². The van der Waals surface area contributed by atoms with Gasteiger partial charge >= 0.3 is 0 Å². The molecule has 0 bridgehead atoms. The van der Waals surface area contributed by atoms with Crippen LogP contribution in [0.15, 0.2) is 53.4 Å². The van der Waals surface area contributed by atoms with E-state index in [9.17, 15) is 9.18 Å². The summed E-state index contributed by atoms with van der Waals surface area (Å²) < 4.78 is 13.0. The number of Topliss-reactive ketones (excluding diaryl/α,β-unsaturated/α-hetero) is 1. The third-order valence-electron chi connectivity index (χ3n) is 2.61. The first-order valence-corrected chi connectivity index (χ1v) is 6.62. The zero-order valence-electron chi connectivity index (χ0n) is 10.0. The number of thioether (sulfide) groups is 1. The van der Waals surface area contributed by atoms with E-state index >= 15 is 0 Å². The summed E-state index contributed by atoms with van der Waals surface area (Å²) >= 11 is 1.36. The lowest BCUT2D eigenvalue weighted by Gasteiger charge is -2.04. The van der Waals surface area contributed by atoms with E-state index in [1.54, 1.807) is 12.1 Å². The lowest BCUT2D eigenvalue weighted by molar-refractivity contribution is 0.102. The SMILES string of the molecule is Cc1ccccc1C(=O)CSc1cccc(F)c1. The third-order valence-corrected chi connectivity index (χ3v) is 3.61. The summed E-state index contributed by atoms with van der Waals surface area (Å²) in [4.78, 5) is 12.8. The van der Waals surface area contributed by atoms with Gasteiger partial charge in [0.2, 0.25) is 0 Å². The van der Waals surface area contributed by atoms with E-state index in [-0.39, 0.29) is 11.6 Å². The molecule has 92 valence electrons. The molecule has 2 rings (SSSR count). The van der Waals surface area contributed by atoms with Crippen LogP contribution in [-0.2, 0) is 0 Å². The van der Waals surface area contributed by atoms with E-state index in [1.807, 2.05) is 31.2 Å². The van der Waals surface area contributed by atoms with Crippen LogP contribution in [0.1, 0.15) is 15.9 Å². The number of carbonyl (C=O) groups is 1. The maximum Gasteiger partial charge on any atom is 0.173 e. The molecule has 2 aromatic carbocycles. The summed E-state index contributed by atoms with van der Waals surface area (Å²) in [5, 5.41) is 0. The van der Waals surface area contributed by atoms with Gasteiger partial charge in [0.15, 0.2) is 5.78 Å². The molecule has 0 aromatic heterocycles. The van der Waals surface area contributed by atoms with Gasteiger partial charge in [-0.1, -0.05) is 30.3 Å². The summed E-state index contributed by atoms with van der Waals surface area (Å²) in [6.45, 7) is 1.92. The normalized spacial score (nSPS) is 10.3. The Morgan fingerprint density at radius 1 is 1.17 bits per heavy atom. The second-order valence-corrected chi connectivity index (χ2v) is 5.03. The molecule has 18 heavy (non-hydrogen) atoms. The number of aryl methyl sites for hydroxylation is 1. The molecule has 0 aliphatic carbocycles. The van der Waals surface area contributed by atoms with Gasteiger partial charge in [0.05, 0.1) is 5.75 Å². The van der Waals surface area contributed by atoms with Crippen molar-refractivity contribution >= 4 is 17.5 Å². The monoisotopic (exact) mass is 260 g/mol. The van der Waals surface area contributed by atoms with E-state index in [0.717, 1.165) is 16.0 Å². The van der Waals surface area contributed by atoms with E-state index in [1.165, 1.54) is 23.9 Å². The number of carbonyl (C=O) groups excluding carboxylic acids is 1. The predicted molar refractivity (Wildman–Crippen MR) is 72.6 cm³/mol. The van der Waals surface area contributed by atoms with Crippen LogP contribution in [0.4, 0.5) is 4.39 Å². The molecule has 3 heteroatoms. The van der Waals surface area contributed by atoms with Crippen molar-refractivity contribution in [3.8, 4) is 0 Å². The van der Waals surface area contributed by atoms with Crippen LogP contribution in [0.2, 0.25) is 0 Å². The van der Waals surface area contributed by atoms with Crippen LogP contribution in [0.25, 0.3) is 0 Å². The Hall–Kier alpha value is -1.61. The van der Waals surface area contributed by atoms with Gasteiger partial charge in [-0.05, 0) is 30.7 Å². The van der Waals surface area contributed by atoms with Crippen molar-refractivity contribution in [2.45, 2.75) is 11.8 Å². The molecule has 0 saturated heterocycles. The summed E-state index contributed by atoms with van der Waals surface area (Å²) in [7, 11) is 0. The highest BCUT2D eigenvalue weighted by molar-refractivity contribution is 8.00. The summed E-state index contributed by atoms with van der Waals surface area (Å²) in [6.07, 6.45) is 0. The van der Waals surface area contributed by atoms with E-state index in [2.05, 4.69) is 0 Å². The van der Waals surface area contributed by atoms with Gasteiger partial charge in [-0.3, -0.25) is 4.79 Å². The largest absolute Gasteiger partial charge is 0.293 e. The molecule has 1 nitrogen and oxygen atoms in total. The number of rotatable bonds is 4. The molecule has 0 N–H and O–H groups in total. The molecule has 0 aliphatic rings. The summed E-state index contributed by atoms with van der Waals surface area (Å²) in [5.74, 6) is 0.125. The maximum absolute atomic E-state index is 13.0. The zero-order valence-corrected chi connectivity index (χ0v) is 10.8. The fourth-order valence-electron chi connectivity index (χ4n) is 1.67. The van der Waals surface area contributed by atoms with Gasteiger partial charge in [0.1, 0.15) is 5.82 Å².